The summed E-state index contributed by atoms with van der Waals surface area (Å²) in [5.41, 5.74) is 2.01. The van der Waals surface area contributed by atoms with Gasteiger partial charge in [0.1, 0.15) is 5.69 Å². The van der Waals surface area contributed by atoms with Crippen LogP contribution in [0, 0.1) is 0 Å². The standard InChI is InChI=1S/C16H14ClN5OS/c17-12-5-15(24-9-12)11-2-4-22(8-11)16(23)14-6-13(20-21-14)10-1-3-18-19-7-10/h1,3,5-7,9,11H,2,4,8H2,(H,20,21)/t11-/m1/s1. The SMILES string of the molecule is O=C(c1cc(-c2ccnnc2)n[nH]1)N1CC[C@@H](c2cc(Cl)cs2)C1. The van der Waals surface area contributed by atoms with Gasteiger partial charge in [0.25, 0.3) is 5.91 Å². The summed E-state index contributed by atoms with van der Waals surface area (Å²) in [4.78, 5) is 15.8. The molecule has 4 rings (SSSR count). The number of aromatic nitrogens is 4. The summed E-state index contributed by atoms with van der Waals surface area (Å²) >= 11 is 7.66. The molecular formula is C16H14ClN5OS. The average molecular weight is 360 g/mol. The molecular weight excluding hydrogens is 346 g/mol. The van der Waals surface area contributed by atoms with Crippen LogP contribution in [0.15, 0.2) is 36.0 Å². The van der Waals surface area contributed by atoms with Crippen molar-refractivity contribution in [1.29, 1.82) is 0 Å². The number of nitrogens with zero attached hydrogens (tertiary/aromatic N) is 4. The first kappa shape index (κ1) is 15.3. The molecule has 0 spiro atoms. The molecule has 1 aliphatic rings. The first-order chi connectivity index (χ1) is 11.7. The van der Waals surface area contributed by atoms with Gasteiger partial charge in [-0.05, 0) is 24.6 Å². The quantitative estimate of drug-likeness (QED) is 0.779. The van der Waals surface area contributed by atoms with E-state index in [4.69, 9.17) is 11.6 Å². The maximum atomic E-state index is 12.7. The molecule has 8 heteroatoms. The molecule has 24 heavy (non-hydrogen) atoms. The number of hydrogen-bond donors (Lipinski definition) is 1. The van der Waals surface area contributed by atoms with E-state index in [0.29, 0.717) is 23.9 Å². The third-order valence-corrected chi connectivity index (χ3v) is 5.60. The van der Waals surface area contributed by atoms with Crippen LogP contribution in [0.25, 0.3) is 11.3 Å². The molecule has 1 aliphatic heterocycles. The van der Waals surface area contributed by atoms with Gasteiger partial charge in [0, 0.05) is 34.8 Å². The summed E-state index contributed by atoms with van der Waals surface area (Å²) in [6.45, 7) is 1.45. The second kappa shape index (κ2) is 6.33. The zero-order chi connectivity index (χ0) is 16.5. The second-order valence-corrected chi connectivity index (χ2v) is 7.08. The Balaban J connectivity index is 1.48. The number of likely N-dealkylation sites (tertiary alicyclic amines) is 1. The lowest BCUT2D eigenvalue weighted by molar-refractivity contribution is 0.0785. The molecule has 1 amide bonds. The van der Waals surface area contributed by atoms with E-state index in [9.17, 15) is 4.79 Å². The van der Waals surface area contributed by atoms with Crippen LogP contribution in [0.3, 0.4) is 0 Å². The average Bonchev–Trinajstić information content (AvgIpc) is 3.35. The summed E-state index contributed by atoms with van der Waals surface area (Å²) in [7, 11) is 0. The van der Waals surface area contributed by atoms with Crippen molar-refractivity contribution in [2.45, 2.75) is 12.3 Å². The van der Waals surface area contributed by atoms with E-state index >= 15 is 0 Å². The number of thiophene rings is 1. The molecule has 0 aliphatic carbocycles. The summed E-state index contributed by atoms with van der Waals surface area (Å²) in [5.74, 6) is 0.333. The number of H-pyrrole nitrogens is 1. The highest BCUT2D eigenvalue weighted by molar-refractivity contribution is 7.10. The number of nitrogens with one attached hydrogen (secondary N) is 1. The Morgan fingerprint density at radius 1 is 1.38 bits per heavy atom. The van der Waals surface area contributed by atoms with Gasteiger partial charge in [0.05, 0.1) is 23.1 Å². The van der Waals surface area contributed by atoms with Crippen molar-refractivity contribution in [2.75, 3.05) is 13.1 Å². The number of aromatic amines is 1. The first-order valence-electron chi connectivity index (χ1n) is 7.56. The Labute approximate surface area is 147 Å². The molecule has 122 valence electrons. The fraction of sp³-hybridized carbons (Fsp3) is 0.250. The van der Waals surface area contributed by atoms with Crippen molar-refractivity contribution in [3.05, 3.63) is 51.6 Å². The highest BCUT2D eigenvalue weighted by atomic mass is 35.5. The molecule has 0 saturated carbocycles. The van der Waals surface area contributed by atoms with E-state index in [0.717, 1.165) is 23.6 Å². The van der Waals surface area contributed by atoms with Gasteiger partial charge in [-0.1, -0.05) is 11.6 Å². The minimum atomic E-state index is -0.0269. The van der Waals surface area contributed by atoms with E-state index in [1.807, 2.05) is 22.4 Å². The van der Waals surface area contributed by atoms with Crippen molar-refractivity contribution in [3.63, 3.8) is 0 Å². The Bertz CT molecular complexity index is 862. The smallest absolute Gasteiger partial charge is 0.271 e. The number of carbonyl (C=O) groups excluding carboxylic acids is 1. The largest absolute Gasteiger partial charge is 0.337 e. The van der Waals surface area contributed by atoms with Crippen LogP contribution in [0.2, 0.25) is 5.02 Å². The third kappa shape index (κ3) is 2.92. The maximum Gasteiger partial charge on any atom is 0.271 e. The Morgan fingerprint density at radius 3 is 3.04 bits per heavy atom. The zero-order valence-corrected chi connectivity index (χ0v) is 14.2. The lowest BCUT2D eigenvalue weighted by Gasteiger charge is -2.14. The molecule has 1 saturated heterocycles. The highest BCUT2D eigenvalue weighted by Crippen LogP contribution is 2.33. The Morgan fingerprint density at radius 2 is 2.29 bits per heavy atom. The minimum absolute atomic E-state index is 0.0269. The fourth-order valence-electron chi connectivity index (χ4n) is 2.91. The zero-order valence-electron chi connectivity index (χ0n) is 12.6. The topological polar surface area (TPSA) is 74.8 Å². The monoisotopic (exact) mass is 359 g/mol. The van der Waals surface area contributed by atoms with Crippen LogP contribution in [0.5, 0.6) is 0 Å². The lowest BCUT2D eigenvalue weighted by atomic mass is 10.1. The van der Waals surface area contributed by atoms with Gasteiger partial charge in [-0.15, -0.1) is 11.3 Å². The molecule has 3 aromatic heterocycles. The van der Waals surface area contributed by atoms with Gasteiger partial charge in [-0.3, -0.25) is 9.89 Å². The maximum absolute atomic E-state index is 12.7. The van der Waals surface area contributed by atoms with Gasteiger partial charge < -0.3 is 4.90 Å². The van der Waals surface area contributed by atoms with E-state index in [1.165, 1.54) is 4.88 Å². The van der Waals surface area contributed by atoms with E-state index < -0.39 is 0 Å². The van der Waals surface area contributed by atoms with E-state index in [1.54, 1.807) is 29.8 Å². The summed E-state index contributed by atoms with van der Waals surface area (Å²) in [5, 5.41) is 17.3. The molecule has 1 atom stereocenters. The minimum Gasteiger partial charge on any atom is -0.337 e. The molecule has 6 nitrogen and oxygen atoms in total. The van der Waals surface area contributed by atoms with Crippen molar-refractivity contribution in [2.24, 2.45) is 0 Å². The lowest BCUT2D eigenvalue weighted by Crippen LogP contribution is -2.28. The predicted octanol–water partition coefficient (Wildman–Crippen LogP) is 3.21. The molecule has 0 aromatic carbocycles. The van der Waals surface area contributed by atoms with Crippen LogP contribution in [-0.2, 0) is 0 Å². The molecule has 0 bridgehead atoms. The molecule has 0 radical (unpaired) electrons. The first-order valence-corrected chi connectivity index (χ1v) is 8.82. The van der Waals surface area contributed by atoms with Crippen LogP contribution < -0.4 is 0 Å². The second-order valence-electron chi connectivity index (χ2n) is 5.70. The highest BCUT2D eigenvalue weighted by Gasteiger charge is 2.29. The van der Waals surface area contributed by atoms with Gasteiger partial charge >= 0.3 is 0 Å². The van der Waals surface area contributed by atoms with Crippen molar-refractivity contribution >= 4 is 28.8 Å². The molecule has 1 N–H and O–H groups in total. The van der Waals surface area contributed by atoms with Gasteiger partial charge in [-0.25, -0.2) is 0 Å². The number of hydrogen-bond acceptors (Lipinski definition) is 5. The van der Waals surface area contributed by atoms with Crippen LogP contribution in [-0.4, -0.2) is 44.3 Å². The van der Waals surface area contributed by atoms with Crippen LogP contribution in [0.4, 0.5) is 0 Å². The number of carbonyl (C=O) groups is 1. The summed E-state index contributed by atoms with van der Waals surface area (Å²) < 4.78 is 0. The number of amides is 1. The Kier molecular flexibility index (Phi) is 4.03. The van der Waals surface area contributed by atoms with Gasteiger partial charge in [0.15, 0.2) is 0 Å². The van der Waals surface area contributed by atoms with Gasteiger partial charge in [-0.2, -0.15) is 15.3 Å². The van der Waals surface area contributed by atoms with Crippen molar-refractivity contribution in [3.8, 4) is 11.3 Å². The molecule has 1 fully saturated rings. The fourth-order valence-corrected chi connectivity index (χ4v) is 4.12. The predicted molar refractivity (Wildman–Crippen MR) is 92.2 cm³/mol. The van der Waals surface area contributed by atoms with Gasteiger partial charge in [0.2, 0.25) is 0 Å². The van der Waals surface area contributed by atoms with E-state index in [2.05, 4.69) is 20.4 Å². The third-order valence-electron chi connectivity index (χ3n) is 4.15. The summed E-state index contributed by atoms with van der Waals surface area (Å²) in [6, 6.07) is 5.56. The molecule has 4 heterocycles. The van der Waals surface area contributed by atoms with Crippen molar-refractivity contribution in [1.82, 2.24) is 25.3 Å². The Hall–Kier alpha value is -2.25. The van der Waals surface area contributed by atoms with Crippen LogP contribution >= 0.6 is 22.9 Å². The molecule has 3 aromatic rings. The number of rotatable bonds is 3. The van der Waals surface area contributed by atoms with Crippen LogP contribution in [0.1, 0.15) is 27.7 Å². The molecule has 0 unspecified atom stereocenters. The normalized spacial score (nSPS) is 17.4. The van der Waals surface area contributed by atoms with E-state index in [-0.39, 0.29) is 5.91 Å². The number of halogens is 1. The summed E-state index contributed by atoms with van der Waals surface area (Å²) in [6.07, 6.45) is 4.18. The van der Waals surface area contributed by atoms with Crippen molar-refractivity contribution < 1.29 is 4.79 Å².